The first kappa shape index (κ1) is 17.5. The number of aromatic amines is 1. The van der Waals surface area contributed by atoms with Crippen LogP contribution in [-0.4, -0.2) is 22.4 Å². The Bertz CT molecular complexity index is 500. The summed E-state index contributed by atoms with van der Waals surface area (Å²) < 4.78 is 0. The van der Waals surface area contributed by atoms with Gasteiger partial charge in [-0.2, -0.15) is 0 Å². The van der Waals surface area contributed by atoms with Crippen LogP contribution in [0.4, 0.5) is 0 Å². The van der Waals surface area contributed by atoms with Crippen molar-refractivity contribution in [2.24, 2.45) is 0 Å². The van der Waals surface area contributed by atoms with E-state index in [0.29, 0.717) is 12.1 Å². The zero-order valence-electron chi connectivity index (χ0n) is 10.6. The number of pyridine rings is 1. The summed E-state index contributed by atoms with van der Waals surface area (Å²) in [6.45, 7) is 2.72. The number of amides is 1. The molecule has 2 rings (SSSR count). The van der Waals surface area contributed by atoms with E-state index in [9.17, 15) is 4.79 Å². The maximum atomic E-state index is 11.7. The Morgan fingerprint density at radius 2 is 2.16 bits per heavy atom. The lowest BCUT2D eigenvalue weighted by Gasteiger charge is -1.99. The quantitative estimate of drug-likeness (QED) is 0.912. The number of carbonyl (C=O) groups excluding carboxylic acids is 1. The van der Waals surface area contributed by atoms with E-state index in [-0.39, 0.29) is 30.7 Å². The summed E-state index contributed by atoms with van der Waals surface area (Å²) in [5.41, 5.74) is 2.33. The monoisotopic (exact) mass is 301 g/mol. The van der Waals surface area contributed by atoms with Gasteiger partial charge >= 0.3 is 0 Å². The minimum absolute atomic E-state index is 0. The van der Waals surface area contributed by atoms with Crippen LogP contribution >= 0.6 is 24.8 Å². The second-order valence-corrected chi connectivity index (χ2v) is 3.77. The normalized spacial score (nSPS) is 9.11. The molecule has 0 unspecified atom stereocenters. The molecule has 0 atom stereocenters. The molecule has 0 aliphatic carbocycles. The van der Waals surface area contributed by atoms with Crippen molar-refractivity contribution < 1.29 is 4.79 Å². The summed E-state index contributed by atoms with van der Waals surface area (Å²) in [7, 11) is 0. The molecule has 0 saturated heterocycles. The first-order chi connectivity index (χ1) is 8.31. The standard InChI is InChI=1S/C13H15N3O.2ClH/c1-2-6-15-13(17)10-8-12(16-9-10)11-5-3-4-7-14-11;;/h3-5,7-9,16H,2,6H2,1H3,(H,15,17);2*1H. The molecule has 0 bridgehead atoms. The lowest BCUT2D eigenvalue weighted by Crippen LogP contribution is -2.23. The summed E-state index contributed by atoms with van der Waals surface area (Å²) in [5.74, 6) is -0.0507. The van der Waals surface area contributed by atoms with E-state index < -0.39 is 0 Å². The molecule has 2 aromatic rings. The third-order valence-corrected chi connectivity index (χ3v) is 2.42. The van der Waals surface area contributed by atoms with Crippen LogP contribution in [0.3, 0.4) is 0 Å². The lowest BCUT2D eigenvalue weighted by molar-refractivity contribution is 0.0954. The fraction of sp³-hybridized carbons (Fsp3) is 0.231. The van der Waals surface area contributed by atoms with E-state index in [0.717, 1.165) is 17.8 Å². The van der Waals surface area contributed by atoms with Crippen molar-refractivity contribution in [2.75, 3.05) is 6.54 Å². The van der Waals surface area contributed by atoms with Gasteiger partial charge in [-0.3, -0.25) is 9.78 Å². The fourth-order valence-corrected chi connectivity index (χ4v) is 1.54. The maximum Gasteiger partial charge on any atom is 0.252 e. The summed E-state index contributed by atoms with van der Waals surface area (Å²) >= 11 is 0. The number of nitrogens with zero attached hydrogens (tertiary/aromatic N) is 1. The first-order valence-electron chi connectivity index (χ1n) is 5.69. The highest BCUT2D eigenvalue weighted by molar-refractivity contribution is 5.95. The van der Waals surface area contributed by atoms with Gasteiger partial charge < -0.3 is 10.3 Å². The van der Waals surface area contributed by atoms with Crippen LogP contribution in [0.25, 0.3) is 11.4 Å². The van der Waals surface area contributed by atoms with Crippen molar-refractivity contribution in [2.45, 2.75) is 13.3 Å². The van der Waals surface area contributed by atoms with E-state index in [1.807, 2.05) is 31.2 Å². The van der Waals surface area contributed by atoms with Gasteiger partial charge in [-0.05, 0) is 24.6 Å². The van der Waals surface area contributed by atoms with Gasteiger partial charge in [-0.1, -0.05) is 13.0 Å². The summed E-state index contributed by atoms with van der Waals surface area (Å²) in [6.07, 6.45) is 4.37. The number of carbonyl (C=O) groups is 1. The van der Waals surface area contributed by atoms with Crippen molar-refractivity contribution in [3.05, 3.63) is 42.2 Å². The Hall–Kier alpha value is -1.52. The molecule has 0 radical (unpaired) electrons. The van der Waals surface area contributed by atoms with Gasteiger partial charge in [0.15, 0.2) is 0 Å². The van der Waals surface area contributed by atoms with Crippen molar-refractivity contribution in [1.29, 1.82) is 0 Å². The molecule has 2 heterocycles. The number of nitrogens with one attached hydrogen (secondary N) is 2. The van der Waals surface area contributed by atoms with Gasteiger partial charge in [0, 0.05) is 18.9 Å². The number of hydrogen-bond acceptors (Lipinski definition) is 2. The second-order valence-electron chi connectivity index (χ2n) is 3.77. The SMILES string of the molecule is CCCNC(=O)c1c[nH]c(-c2ccccn2)c1.Cl.Cl. The predicted molar refractivity (Wildman–Crippen MR) is 81.1 cm³/mol. The van der Waals surface area contributed by atoms with Gasteiger partial charge in [0.1, 0.15) is 0 Å². The lowest BCUT2D eigenvalue weighted by atomic mass is 10.2. The molecule has 0 spiro atoms. The summed E-state index contributed by atoms with van der Waals surface area (Å²) in [5, 5.41) is 2.83. The summed E-state index contributed by atoms with van der Waals surface area (Å²) in [6, 6.07) is 7.49. The van der Waals surface area contributed by atoms with E-state index in [4.69, 9.17) is 0 Å². The van der Waals surface area contributed by atoms with Gasteiger partial charge in [0.25, 0.3) is 5.91 Å². The highest BCUT2D eigenvalue weighted by Crippen LogP contribution is 2.15. The number of rotatable bonds is 4. The van der Waals surface area contributed by atoms with Gasteiger partial charge in [-0.15, -0.1) is 24.8 Å². The first-order valence-corrected chi connectivity index (χ1v) is 5.69. The Morgan fingerprint density at radius 1 is 1.37 bits per heavy atom. The van der Waals surface area contributed by atoms with Crippen LogP contribution in [0, 0.1) is 0 Å². The Balaban J connectivity index is 0.00000162. The molecule has 4 nitrogen and oxygen atoms in total. The van der Waals surface area contributed by atoms with E-state index >= 15 is 0 Å². The molecule has 1 amide bonds. The minimum atomic E-state index is -0.0507. The number of aromatic nitrogens is 2. The predicted octanol–water partition coefficient (Wildman–Crippen LogP) is 3.06. The van der Waals surface area contributed by atoms with Crippen LogP contribution in [0.1, 0.15) is 23.7 Å². The highest BCUT2D eigenvalue weighted by Gasteiger charge is 2.08. The molecule has 104 valence electrons. The van der Waals surface area contributed by atoms with E-state index in [2.05, 4.69) is 15.3 Å². The molecule has 6 heteroatoms. The fourth-order valence-electron chi connectivity index (χ4n) is 1.54. The summed E-state index contributed by atoms with van der Waals surface area (Å²) in [4.78, 5) is 19.0. The van der Waals surface area contributed by atoms with Crippen LogP contribution in [-0.2, 0) is 0 Å². The molecular weight excluding hydrogens is 285 g/mol. The molecule has 2 aromatic heterocycles. The Kier molecular flexibility index (Phi) is 7.87. The zero-order chi connectivity index (χ0) is 12.1. The number of H-pyrrole nitrogens is 1. The average molecular weight is 302 g/mol. The largest absolute Gasteiger partial charge is 0.359 e. The maximum absolute atomic E-state index is 11.7. The minimum Gasteiger partial charge on any atom is -0.359 e. The molecule has 0 aliphatic rings. The van der Waals surface area contributed by atoms with Crippen LogP contribution in [0.2, 0.25) is 0 Å². The highest BCUT2D eigenvalue weighted by atomic mass is 35.5. The number of hydrogen-bond donors (Lipinski definition) is 2. The van der Waals surface area contributed by atoms with Crippen LogP contribution < -0.4 is 5.32 Å². The van der Waals surface area contributed by atoms with Gasteiger partial charge in [-0.25, -0.2) is 0 Å². The van der Waals surface area contributed by atoms with Crippen LogP contribution in [0.15, 0.2) is 36.7 Å². The second kappa shape index (κ2) is 8.56. The molecule has 0 fully saturated rings. The molecule has 0 saturated carbocycles. The Morgan fingerprint density at radius 3 is 2.79 bits per heavy atom. The number of halogens is 2. The van der Waals surface area contributed by atoms with Crippen molar-refractivity contribution >= 4 is 30.7 Å². The topological polar surface area (TPSA) is 57.8 Å². The molecule has 19 heavy (non-hydrogen) atoms. The van der Waals surface area contributed by atoms with Crippen molar-refractivity contribution in [3.8, 4) is 11.4 Å². The molecular formula is C13H17Cl2N3O. The smallest absolute Gasteiger partial charge is 0.252 e. The third-order valence-electron chi connectivity index (χ3n) is 2.42. The van der Waals surface area contributed by atoms with E-state index in [1.165, 1.54) is 0 Å². The van der Waals surface area contributed by atoms with E-state index in [1.54, 1.807) is 12.4 Å². The Labute approximate surface area is 124 Å². The zero-order valence-corrected chi connectivity index (χ0v) is 12.2. The van der Waals surface area contributed by atoms with Crippen molar-refractivity contribution in [3.63, 3.8) is 0 Å². The third kappa shape index (κ3) is 4.58. The van der Waals surface area contributed by atoms with Crippen LogP contribution in [0.5, 0.6) is 0 Å². The molecule has 2 N–H and O–H groups in total. The van der Waals surface area contributed by atoms with Gasteiger partial charge in [0.2, 0.25) is 0 Å². The van der Waals surface area contributed by atoms with Gasteiger partial charge in [0.05, 0.1) is 17.0 Å². The molecule has 0 aliphatic heterocycles. The van der Waals surface area contributed by atoms with Crippen molar-refractivity contribution in [1.82, 2.24) is 15.3 Å². The molecule has 0 aromatic carbocycles. The average Bonchev–Trinajstić information content (AvgIpc) is 2.86.